The lowest BCUT2D eigenvalue weighted by Crippen LogP contribution is -2.35. The molecule has 1 amide bonds. The first-order chi connectivity index (χ1) is 10.0. The lowest BCUT2D eigenvalue weighted by atomic mass is 10.0. The van der Waals surface area contributed by atoms with Gasteiger partial charge < -0.3 is 9.64 Å². The maximum Gasteiger partial charge on any atom is 0.264 e. The zero-order valence-electron chi connectivity index (χ0n) is 11.6. The first-order valence-corrected chi connectivity index (χ1v) is 6.86. The van der Waals surface area contributed by atoms with Gasteiger partial charge in [-0.05, 0) is 24.6 Å². The fourth-order valence-electron chi connectivity index (χ4n) is 2.38. The van der Waals surface area contributed by atoms with E-state index in [9.17, 15) is 9.18 Å². The minimum atomic E-state index is -0.501. The maximum atomic E-state index is 14.7. The van der Waals surface area contributed by atoms with Crippen LogP contribution in [0.5, 0.6) is 5.75 Å². The Labute approximate surface area is 126 Å². The summed E-state index contributed by atoms with van der Waals surface area (Å²) in [5.41, 5.74) is 2.28. The van der Waals surface area contributed by atoms with Crippen molar-refractivity contribution < 1.29 is 13.9 Å². The molecule has 1 heterocycles. The van der Waals surface area contributed by atoms with Crippen LogP contribution in [0.3, 0.4) is 0 Å². The SMILES string of the molecule is Cc1cccc(-c2ccc3c(c2F)OCC(=O)N3C)c1Cl. The average Bonchev–Trinajstić information content (AvgIpc) is 2.47. The third kappa shape index (κ3) is 2.16. The molecule has 0 spiro atoms. The molecule has 0 N–H and O–H groups in total. The van der Waals surface area contributed by atoms with Crippen LogP contribution < -0.4 is 9.64 Å². The van der Waals surface area contributed by atoms with E-state index in [4.69, 9.17) is 16.3 Å². The van der Waals surface area contributed by atoms with Crippen molar-refractivity contribution in [2.24, 2.45) is 0 Å². The molecule has 0 saturated heterocycles. The molecule has 5 heteroatoms. The number of hydrogen-bond donors (Lipinski definition) is 0. The van der Waals surface area contributed by atoms with E-state index in [1.807, 2.05) is 19.1 Å². The standard InChI is InChI=1S/C16H13ClFNO2/c1-9-4-3-5-10(14(9)17)11-6-7-12-16(15(11)18)21-8-13(20)19(12)2/h3-7H,8H2,1-2H3. The first-order valence-electron chi connectivity index (χ1n) is 6.48. The Bertz CT molecular complexity index is 745. The van der Waals surface area contributed by atoms with Crippen molar-refractivity contribution in [2.45, 2.75) is 6.92 Å². The van der Waals surface area contributed by atoms with Gasteiger partial charge in [0.25, 0.3) is 5.91 Å². The minimum Gasteiger partial charge on any atom is -0.478 e. The summed E-state index contributed by atoms with van der Waals surface area (Å²) in [6.45, 7) is 1.70. The van der Waals surface area contributed by atoms with Crippen LogP contribution in [0, 0.1) is 12.7 Å². The van der Waals surface area contributed by atoms with Crippen LogP contribution in [0.1, 0.15) is 5.56 Å². The van der Waals surface area contributed by atoms with Crippen LogP contribution in [0.2, 0.25) is 5.02 Å². The summed E-state index contributed by atoms with van der Waals surface area (Å²) in [6, 6.07) is 8.74. The molecule has 0 unspecified atom stereocenters. The highest BCUT2D eigenvalue weighted by Crippen LogP contribution is 2.41. The van der Waals surface area contributed by atoms with Gasteiger partial charge in [-0.15, -0.1) is 0 Å². The molecule has 2 aromatic carbocycles. The average molecular weight is 306 g/mol. The third-order valence-electron chi connectivity index (χ3n) is 3.63. The van der Waals surface area contributed by atoms with E-state index in [2.05, 4.69) is 0 Å². The molecule has 0 saturated carbocycles. The Balaban J connectivity index is 2.19. The smallest absolute Gasteiger partial charge is 0.264 e. The number of rotatable bonds is 1. The molecule has 0 radical (unpaired) electrons. The molecule has 0 fully saturated rings. The fraction of sp³-hybridized carbons (Fsp3) is 0.188. The van der Waals surface area contributed by atoms with E-state index in [0.717, 1.165) is 5.56 Å². The van der Waals surface area contributed by atoms with Crippen molar-refractivity contribution in [1.82, 2.24) is 0 Å². The second-order valence-corrected chi connectivity index (χ2v) is 5.33. The lowest BCUT2D eigenvalue weighted by molar-refractivity contribution is -0.121. The number of nitrogens with zero attached hydrogens (tertiary/aromatic N) is 1. The van der Waals surface area contributed by atoms with E-state index in [1.54, 1.807) is 25.2 Å². The predicted molar refractivity (Wildman–Crippen MR) is 80.5 cm³/mol. The molecule has 3 nitrogen and oxygen atoms in total. The molecule has 0 bridgehead atoms. The summed E-state index contributed by atoms with van der Waals surface area (Å²) in [7, 11) is 1.60. The number of amides is 1. The van der Waals surface area contributed by atoms with Crippen molar-refractivity contribution in [2.75, 3.05) is 18.6 Å². The Kier molecular flexibility index (Phi) is 3.33. The number of hydrogen-bond acceptors (Lipinski definition) is 2. The van der Waals surface area contributed by atoms with Gasteiger partial charge in [-0.1, -0.05) is 29.8 Å². The van der Waals surface area contributed by atoms with Crippen molar-refractivity contribution >= 4 is 23.2 Å². The van der Waals surface area contributed by atoms with Crippen LogP contribution in [0.15, 0.2) is 30.3 Å². The maximum absolute atomic E-state index is 14.7. The van der Waals surface area contributed by atoms with Crippen LogP contribution in [0.4, 0.5) is 10.1 Å². The summed E-state index contributed by atoms with van der Waals surface area (Å²) >= 11 is 6.26. The van der Waals surface area contributed by atoms with E-state index < -0.39 is 5.82 Å². The summed E-state index contributed by atoms with van der Waals surface area (Å²) in [4.78, 5) is 13.0. The van der Waals surface area contributed by atoms with Gasteiger partial charge in [0.1, 0.15) is 0 Å². The number of aryl methyl sites for hydroxylation is 1. The molecule has 3 rings (SSSR count). The van der Waals surface area contributed by atoms with E-state index >= 15 is 0 Å². The van der Waals surface area contributed by atoms with Crippen LogP contribution in [-0.2, 0) is 4.79 Å². The molecule has 108 valence electrons. The Morgan fingerprint density at radius 2 is 2.00 bits per heavy atom. The number of anilines is 1. The molecule has 1 aliphatic rings. The molecular weight excluding hydrogens is 293 g/mol. The van der Waals surface area contributed by atoms with Gasteiger partial charge in [0.15, 0.2) is 18.2 Å². The molecule has 0 aliphatic carbocycles. The summed E-state index contributed by atoms with van der Waals surface area (Å²) in [5, 5.41) is 0.511. The summed E-state index contributed by atoms with van der Waals surface area (Å²) in [5.74, 6) is -0.616. The zero-order chi connectivity index (χ0) is 15.1. The highest BCUT2D eigenvalue weighted by atomic mass is 35.5. The highest BCUT2D eigenvalue weighted by Gasteiger charge is 2.27. The van der Waals surface area contributed by atoms with Gasteiger partial charge in [0, 0.05) is 18.2 Å². The van der Waals surface area contributed by atoms with Crippen molar-refractivity contribution in [1.29, 1.82) is 0 Å². The number of ether oxygens (including phenoxy) is 1. The van der Waals surface area contributed by atoms with E-state index in [0.29, 0.717) is 21.8 Å². The fourth-order valence-corrected chi connectivity index (χ4v) is 2.60. The Morgan fingerprint density at radius 1 is 1.24 bits per heavy atom. The predicted octanol–water partition coefficient (Wildman–Crippen LogP) is 3.81. The van der Waals surface area contributed by atoms with Gasteiger partial charge in [0.05, 0.1) is 10.7 Å². The molecule has 21 heavy (non-hydrogen) atoms. The number of benzene rings is 2. The van der Waals surface area contributed by atoms with Crippen molar-refractivity contribution in [3.05, 3.63) is 46.7 Å². The largest absolute Gasteiger partial charge is 0.478 e. The zero-order valence-corrected chi connectivity index (χ0v) is 12.4. The first kappa shape index (κ1) is 13.9. The van der Waals surface area contributed by atoms with Gasteiger partial charge in [-0.25, -0.2) is 4.39 Å². The second-order valence-electron chi connectivity index (χ2n) is 4.95. The van der Waals surface area contributed by atoms with Crippen molar-refractivity contribution in [3.8, 4) is 16.9 Å². The number of carbonyl (C=O) groups is 1. The molecule has 1 aliphatic heterocycles. The highest BCUT2D eigenvalue weighted by molar-refractivity contribution is 6.34. The van der Waals surface area contributed by atoms with Gasteiger partial charge in [-0.3, -0.25) is 4.79 Å². The normalized spacial score (nSPS) is 13.9. The number of carbonyl (C=O) groups excluding carboxylic acids is 1. The Morgan fingerprint density at radius 3 is 2.76 bits per heavy atom. The van der Waals surface area contributed by atoms with E-state index in [1.165, 1.54) is 4.90 Å². The number of halogens is 2. The van der Waals surface area contributed by atoms with Crippen LogP contribution in [-0.4, -0.2) is 19.6 Å². The quantitative estimate of drug-likeness (QED) is 0.802. The Hall–Kier alpha value is -2.07. The van der Waals surface area contributed by atoms with Gasteiger partial charge >= 0.3 is 0 Å². The second kappa shape index (κ2) is 5.04. The monoisotopic (exact) mass is 305 g/mol. The number of fused-ring (bicyclic) bond motifs is 1. The topological polar surface area (TPSA) is 29.5 Å². The van der Waals surface area contributed by atoms with Gasteiger partial charge in [0.2, 0.25) is 0 Å². The molecule has 0 aromatic heterocycles. The number of likely N-dealkylation sites (N-methyl/N-ethyl adjacent to an activating group) is 1. The van der Waals surface area contributed by atoms with Crippen LogP contribution >= 0.6 is 11.6 Å². The lowest BCUT2D eigenvalue weighted by Gasteiger charge is -2.27. The third-order valence-corrected chi connectivity index (χ3v) is 4.14. The molecule has 2 aromatic rings. The van der Waals surface area contributed by atoms with Crippen LogP contribution in [0.25, 0.3) is 11.1 Å². The van der Waals surface area contributed by atoms with Crippen molar-refractivity contribution in [3.63, 3.8) is 0 Å². The minimum absolute atomic E-state index is 0.0900. The van der Waals surface area contributed by atoms with Gasteiger partial charge in [-0.2, -0.15) is 0 Å². The molecule has 0 atom stereocenters. The summed E-state index contributed by atoms with van der Waals surface area (Å²) in [6.07, 6.45) is 0. The summed E-state index contributed by atoms with van der Waals surface area (Å²) < 4.78 is 20.0. The van der Waals surface area contributed by atoms with E-state index in [-0.39, 0.29) is 18.3 Å². The molecular formula is C16H13ClFNO2.